The fourth-order valence-corrected chi connectivity index (χ4v) is 1.95. The van der Waals surface area contributed by atoms with Crippen LogP contribution in [0.5, 0.6) is 0 Å². The third-order valence-corrected chi connectivity index (χ3v) is 2.63. The third kappa shape index (κ3) is 2.64. The van der Waals surface area contributed by atoms with E-state index in [-0.39, 0.29) is 11.1 Å². The van der Waals surface area contributed by atoms with E-state index in [0.717, 1.165) is 5.69 Å². The highest BCUT2D eigenvalue weighted by atomic mass is 16.5. The van der Waals surface area contributed by atoms with Crippen molar-refractivity contribution < 1.29 is 14.4 Å². The Bertz CT molecular complexity index is 607. The minimum absolute atomic E-state index is 0.0243. The Labute approximate surface area is 110 Å². The van der Waals surface area contributed by atoms with Crippen molar-refractivity contribution in [2.45, 2.75) is 39.7 Å². The van der Waals surface area contributed by atoms with E-state index in [1.165, 1.54) is 0 Å². The number of nitrogens with zero attached hydrogens (tertiary/aromatic N) is 4. The summed E-state index contributed by atoms with van der Waals surface area (Å²) in [4.78, 5) is 11.2. The molecule has 7 heteroatoms. The van der Waals surface area contributed by atoms with Gasteiger partial charge in [0.25, 0.3) is 0 Å². The number of carbonyl (C=O) groups is 1. The van der Waals surface area contributed by atoms with Gasteiger partial charge in [-0.1, -0.05) is 31.1 Å². The number of aromatic nitrogens is 4. The average Bonchev–Trinajstić information content (AvgIpc) is 2.84. The maximum absolute atomic E-state index is 11.2. The van der Waals surface area contributed by atoms with E-state index in [2.05, 4.69) is 15.5 Å². The summed E-state index contributed by atoms with van der Waals surface area (Å²) in [5.41, 5.74) is 0.926. The Morgan fingerprint density at radius 3 is 2.63 bits per heavy atom. The molecular weight excluding hydrogens is 248 g/mol. The molecule has 0 aliphatic carbocycles. The lowest BCUT2D eigenvalue weighted by Crippen LogP contribution is -2.22. The number of aryl methyl sites for hydroxylation is 1. The van der Waals surface area contributed by atoms with Crippen LogP contribution in [-0.4, -0.2) is 31.2 Å². The molecule has 0 bridgehead atoms. The van der Waals surface area contributed by atoms with Crippen LogP contribution in [-0.2, 0) is 12.0 Å². The van der Waals surface area contributed by atoms with Crippen molar-refractivity contribution in [3.05, 3.63) is 28.9 Å². The first-order chi connectivity index (χ1) is 8.79. The molecule has 0 unspecified atom stereocenters. The van der Waals surface area contributed by atoms with Crippen LogP contribution in [0.2, 0.25) is 0 Å². The molecule has 2 rings (SSSR count). The van der Waals surface area contributed by atoms with Crippen LogP contribution >= 0.6 is 0 Å². The minimum atomic E-state index is -1.08. The van der Waals surface area contributed by atoms with Crippen molar-refractivity contribution in [2.24, 2.45) is 0 Å². The van der Waals surface area contributed by atoms with Crippen LogP contribution in [0.1, 0.15) is 48.4 Å². The van der Waals surface area contributed by atoms with Gasteiger partial charge in [0, 0.05) is 11.5 Å². The van der Waals surface area contributed by atoms with Gasteiger partial charge in [0.05, 0.1) is 11.4 Å². The maximum atomic E-state index is 11.2. The molecule has 102 valence electrons. The Hall–Kier alpha value is -2.18. The highest BCUT2D eigenvalue weighted by Crippen LogP contribution is 2.25. The quantitative estimate of drug-likeness (QED) is 0.905. The van der Waals surface area contributed by atoms with Crippen molar-refractivity contribution >= 4 is 5.97 Å². The molecule has 0 fully saturated rings. The first-order valence-corrected chi connectivity index (χ1v) is 5.88. The SMILES string of the molecule is Cc1cc(Cn2nnc(C(=O)O)c2C(C)(C)C)on1. The van der Waals surface area contributed by atoms with E-state index < -0.39 is 5.97 Å². The average molecular weight is 264 g/mol. The molecule has 0 spiro atoms. The van der Waals surface area contributed by atoms with E-state index in [0.29, 0.717) is 18.0 Å². The second-order valence-electron chi connectivity index (χ2n) is 5.43. The predicted molar refractivity (Wildman–Crippen MR) is 66.0 cm³/mol. The number of rotatable bonds is 3. The number of carboxylic acids is 1. The lowest BCUT2D eigenvalue weighted by Gasteiger charge is -2.19. The summed E-state index contributed by atoms with van der Waals surface area (Å²) < 4.78 is 6.66. The lowest BCUT2D eigenvalue weighted by atomic mass is 9.90. The fourth-order valence-electron chi connectivity index (χ4n) is 1.95. The zero-order chi connectivity index (χ0) is 14.2. The largest absolute Gasteiger partial charge is 0.476 e. The standard InChI is InChI=1S/C12H16N4O3/c1-7-5-8(19-14-7)6-16-10(12(2,3)4)9(11(17)18)13-15-16/h5H,6H2,1-4H3,(H,17,18). The van der Waals surface area contributed by atoms with E-state index in [1.807, 2.05) is 27.7 Å². The van der Waals surface area contributed by atoms with Gasteiger partial charge < -0.3 is 9.63 Å². The summed E-state index contributed by atoms with van der Waals surface area (Å²) >= 11 is 0. The van der Waals surface area contributed by atoms with Crippen LogP contribution in [0.4, 0.5) is 0 Å². The third-order valence-electron chi connectivity index (χ3n) is 2.63. The topological polar surface area (TPSA) is 94.0 Å². The van der Waals surface area contributed by atoms with Gasteiger partial charge in [-0.05, 0) is 6.92 Å². The smallest absolute Gasteiger partial charge is 0.358 e. The van der Waals surface area contributed by atoms with E-state index in [9.17, 15) is 4.79 Å². The molecule has 0 aliphatic rings. The van der Waals surface area contributed by atoms with Gasteiger partial charge in [0.2, 0.25) is 0 Å². The Balaban J connectivity index is 2.43. The number of carboxylic acid groups (broad SMARTS) is 1. The molecule has 0 atom stereocenters. The summed E-state index contributed by atoms with van der Waals surface area (Å²) in [6, 6.07) is 1.79. The zero-order valence-electron chi connectivity index (χ0n) is 11.3. The first-order valence-electron chi connectivity index (χ1n) is 5.88. The molecule has 0 aliphatic heterocycles. The van der Waals surface area contributed by atoms with Crippen molar-refractivity contribution in [1.29, 1.82) is 0 Å². The second kappa shape index (κ2) is 4.49. The molecule has 0 saturated heterocycles. The second-order valence-corrected chi connectivity index (χ2v) is 5.43. The summed E-state index contributed by atoms with van der Waals surface area (Å²) in [7, 11) is 0. The van der Waals surface area contributed by atoms with Crippen LogP contribution < -0.4 is 0 Å². The Morgan fingerprint density at radius 2 is 2.16 bits per heavy atom. The summed E-state index contributed by atoms with van der Waals surface area (Å²) in [6.45, 7) is 7.89. The van der Waals surface area contributed by atoms with Gasteiger partial charge in [-0.3, -0.25) is 0 Å². The minimum Gasteiger partial charge on any atom is -0.476 e. The molecule has 1 N–H and O–H groups in total. The molecule has 2 aromatic heterocycles. The van der Waals surface area contributed by atoms with Crippen molar-refractivity contribution in [1.82, 2.24) is 20.2 Å². The molecule has 0 amide bonds. The molecular formula is C12H16N4O3. The predicted octanol–water partition coefficient (Wildman–Crippen LogP) is 1.62. The van der Waals surface area contributed by atoms with Gasteiger partial charge >= 0.3 is 5.97 Å². The molecule has 19 heavy (non-hydrogen) atoms. The van der Waals surface area contributed by atoms with Crippen LogP contribution in [0.25, 0.3) is 0 Å². The van der Waals surface area contributed by atoms with Gasteiger partial charge in [0.1, 0.15) is 6.54 Å². The lowest BCUT2D eigenvalue weighted by molar-refractivity contribution is 0.0687. The van der Waals surface area contributed by atoms with Gasteiger partial charge in [0.15, 0.2) is 11.5 Å². The molecule has 2 aromatic rings. The van der Waals surface area contributed by atoms with E-state index in [1.54, 1.807) is 10.7 Å². The highest BCUT2D eigenvalue weighted by molar-refractivity contribution is 5.86. The summed E-state index contributed by atoms with van der Waals surface area (Å²) in [5.74, 6) is -0.463. The first kappa shape index (κ1) is 13.3. The summed E-state index contributed by atoms with van der Waals surface area (Å²) in [5, 5.41) is 20.6. The number of aromatic carboxylic acids is 1. The van der Waals surface area contributed by atoms with Crippen molar-refractivity contribution in [3.8, 4) is 0 Å². The number of hydrogen-bond donors (Lipinski definition) is 1. The van der Waals surface area contributed by atoms with E-state index in [4.69, 9.17) is 9.63 Å². The molecule has 7 nitrogen and oxygen atoms in total. The Morgan fingerprint density at radius 1 is 1.47 bits per heavy atom. The molecule has 2 heterocycles. The van der Waals surface area contributed by atoms with Gasteiger partial charge in [-0.2, -0.15) is 0 Å². The van der Waals surface area contributed by atoms with Crippen molar-refractivity contribution in [2.75, 3.05) is 0 Å². The van der Waals surface area contributed by atoms with E-state index >= 15 is 0 Å². The highest BCUT2D eigenvalue weighted by Gasteiger charge is 2.29. The van der Waals surface area contributed by atoms with Crippen LogP contribution in [0.15, 0.2) is 10.6 Å². The van der Waals surface area contributed by atoms with Crippen molar-refractivity contribution in [3.63, 3.8) is 0 Å². The summed E-state index contributed by atoms with van der Waals surface area (Å²) in [6.07, 6.45) is 0. The molecule has 0 aromatic carbocycles. The maximum Gasteiger partial charge on any atom is 0.358 e. The monoisotopic (exact) mass is 264 g/mol. The fraction of sp³-hybridized carbons (Fsp3) is 0.500. The molecule has 0 radical (unpaired) electrons. The van der Waals surface area contributed by atoms with Crippen LogP contribution in [0, 0.1) is 6.92 Å². The van der Waals surface area contributed by atoms with Gasteiger partial charge in [-0.25, -0.2) is 9.48 Å². The zero-order valence-corrected chi connectivity index (χ0v) is 11.3. The normalized spacial score (nSPS) is 11.8. The molecule has 0 saturated carbocycles. The van der Waals surface area contributed by atoms with Crippen LogP contribution in [0.3, 0.4) is 0 Å². The Kier molecular flexibility index (Phi) is 3.13. The van der Waals surface area contributed by atoms with Gasteiger partial charge in [-0.15, -0.1) is 5.10 Å². The number of hydrogen-bond acceptors (Lipinski definition) is 5.